The van der Waals surface area contributed by atoms with Gasteiger partial charge in [0, 0.05) is 18.3 Å². The molecule has 0 unspecified atom stereocenters. The molecule has 3 nitrogen and oxygen atoms in total. The zero-order valence-corrected chi connectivity index (χ0v) is 11.3. The van der Waals surface area contributed by atoms with E-state index in [1.807, 2.05) is 19.1 Å². The molecule has 0 aliphatic heterocycles. The van der Waals surface area contributed by atoms with Gasteiger partial charge in [0.15, 0.2) is 0 Å². The number of nitrogens with zero attached hydrogens (tertiary/aromatic N) is 1. The molecule has 0 saturated heterocycles. The Morgan fingerprint density at radius 1 is 1.26 bits per heavy atom. The molecule has 1 aromatic heterocycles. The summed E-state index contributed by atoms with van der Waals surface area (Å²) in [7, 11) is 0. The summed E-state index contributed by atoms with van der Waals surface area (Å²) in [5.41, 5.74) is 9.29. The van der Waals surface area contributed by atoms with Crippen LogP contribution in [0.2, 0.25) is 0 Å². The Hall–Kier alpha value is -1.74. The number of anilines is 1. The molecule has 2 aromatic rings. The summed E-state index contributed by atoms with van der Waals surface area (Å²) in [5.74, 6) is 1.03. The van der Waals surface area contributed by atoms with E-state index in [0.717, 1.165) is 30.1 Å². The highest BCUT2D eigenvalue weighted by Gasteiger charge is 2.29. The molecule has 0 spiro atoms. The van der Waals surface area contributed by atoms with Gasteiger partial charge in [0.2, 0.25) is 0 Å². The second-order valence-corrected chi connectivity index (χ2v) is 5.41. The van der Waals surface area contributed by atoms with E-state index in [4.69, 9.17) is 10.2 Å². The monoisotopic (exact) mass is 256 g/mol. The number of hydrogen-bond acceptors (Lipinski definition) is 3. The van der Waals surface area contributed by atoms with Gasteiger partial charge in [0.25, 0.3) is 0 Å². The molecular weight excluding hydrogens is 236 g/mol. The van der Waals surface area contributed by atoms with Crippen LogP contribution in [-0.4, -0.2) is 10.9 Å². The van der Waals surface area contributed by atoms with E-state index in [1.165, 1.54) is 18.4 Å². The van der Waals surface area contributed by atoms with E-state index in [0.29, 0.717) is 6.04 Å². The maximum atomic E-state index is 5.99. The third kappa shape index (κ3) is 2.99. The number of benzene rings is 1. The summed E-state index contributed by atoms with van der Waals surface area (Å²) >= 11 is 0. The van der Waals surface area contributed by atoms with Crippen LogP contribution < -0.4 is 5.73 Å². The summed E-state index contributed by atoms with van der Waals surface area (Å²) in [6.07, 6.45) is 4.33. The SMILES string of the molecule is Cc1ccc(CN(Cc2ccco2)C2CC2)cc1N. The Bertz CT molecular complexity index is 544. The number of nitrogen functional groups attached to an aromatic ring is 1. The first-order valence-electron chi connectivity index (χ1n) is 6.84. The van der Waals surface area contributed by atoms with Crippen molar-refractivity contribution in [2.75, 3.05) is 5.73 Å². The molecule has 1 heterocycles. The van der Waals surface area contributed by atoms with E-state index in [1.54, 1.807) is 6.26 Å². The molecule has 3 rings (SSSR count). The molecule has 0 amide bonds. The second-order valence-electron chi connectivity index (χ2n) is 5.41. The molecule has 1 aliphatic rings. The second kappa shape index (κ2) is 5.10. The normalized spacial score (nSPS) is 15.1. The minimum Gasteiger partial charge on any atom is -0.468 e. The van der Waals surface area contributed by atoms with Gasteiger partial charge in [0.05, 0.1) is 12.8 Å². The first kappa shape index (κ1) is 12.3. The van der Waals surface area contributed by atoms with E-state index in [-0.39, 0.29) is 0 Å². The van der Waals surface area contributed by atoms with Crippen molar-refractivity contribution in [1.82, 2.24) is 4.90 Å². The average Bonchev–Trinajstić information content (AvgIpc) is 3.12. The standard InChI is InChI=1S/C16H20N2O/c1-12-4-5-13(9-16(12)17)10-18(14-6-7-14)11-15-3-2-8-19-15/h2-5,8-9,14H,6-7,10-11,17H2,1H3. The molecule has 0 atom stereocenters. The lowest BCUT2D eigenvalue weighted by molar-refractivity contribution is 0.225. The number of nitrogens with two attached hydrogens (primary N) is 1. The molecule has 2 N–H and O–H groups in total. The largest absolute Gasteiger partial charge is 0.468 e. The average molecular weight is 256 g/mol. The smallest absolute Gasteiger partial charge is 0.117 e. The molecule has 1 aliphatic carbocycles. The number of rotatable bonds is 5. The van der Waals surface area contributed by atoms with E-state index < -0.39 is 0 Å². The predicted octanol–water partition coefficient (Wildman–Crippen LogP) is 3.33. The Balaban J connectivity index is 1.72. The van der Waals surface area contributed by atoms with Crippen molar-refractivity contribution in [1.29, 1.82) is 0 Å². The van der Waals surface area contributed by atoms with Crippen molar-refractivity contribution in [2.45, 2.75) is 38.9 Å². The first-order chi connectivity index (χ1) is 9.22. The van der Waals surface area contributed by atoms with Crippen LogP contribution >= 0.6 is 0 Å². The first-order valence-corrected chi connectivity index (χ1v) is 6.84. The van der Waals surface area contributed by atoms with Crippen LogP contribution in [-0.2, 0) is 13.1 Å². The van der Waals surface area contributed by atoms with Crippen LogP contribution in [0.3, 0.4) is 0 Å². The van der Waals surface area contributed by atoms with Gasteiger partial charge in [0.1, 0.15) is 5.76 Å². The molecule has 1 aromatic carbocycles. The van der Waals surface area contributed by atoms with Gasteiger partial charge in [-0.3, -0.25) is 4.90 Å². The topological polar surface area (TPSA) is 42.4 Å². The van der Waals surface area contributed by atoms with Crippen molar-refractivity contribution < 1.29 is 4.42 Å². The van der Waals surface area contributed by atoms with E-state index in [2.05, 4.69) is 23.1 Å². The lowest BCUT2D eigenvalue weighted by Gasteiger charge is -2.21. The predicted molar refractivity (Wildman–Crippen MR) is 76.6 cm³/mol. The highest BCUT2D eigenvalue weighted by atomic mass is 16.3. The van der Waals surface area contributed by atoms with Crippen molar-refractivity contribution in [3.05, 3.63) is 53.5 Å². The molecule has 19 heavy (non-hydrogen) atoms. The van der Waals surface area contributed by atoms with E-state index in [9.17, 15) is 0 Å². The fourth-order valence-corrected chi connectivity index (χ4v) is 2.38. The molecule has 1 saturated carbocycles. The highest BCUT2D eigenvalue weighted by Crippen LogP contribution is 2.30. The van der Waals surface area contributed by atoms with E-state index >= 15 is 0 Å². The minimum atomic E-state index is 0.702. The van der Waals surface area contributed by atoms with Gasteiger partial charge in [-0.2, -0.15) is 0 Å². The van der Waals surface area contributed by atoms with Gasteiger partial charge in [-0.05, 0) is 49.1 Å². The molecule has 100 valence electrons. The number of furan rings is 1. The maximum absolute atomic E-state index is 5.99. The van der Waals surface area contributed by atoms with Crippen LogP contribution in [0.15, 0.2) is 41.0 Å². The summed E-state index contributed by atoms with van der Waals surface area (Å²) in [6, 6.07) is 11.1. The van der Waals surface area contributed by atoms with Gasteiger partial charge >= 0.3 is 0 Å². The lowest BCUT2D eigenvalue weighted by atomic mass is 10.1. The van der Waals surface area contributed by atoms with Gasteiger partial charge < -0.3 is 10.2 Å². The van der Waals surface area contributed by atoms with Crippen LogP contribution in [0, 0.1) is 6.92 Å². The Morgan fingerprint density at radius 2 is 2.11 bits per heavy atom. The highest BCUT2D eigenvalue weighted by molar-refractivity contribution is 5.48. The molecule has 0 bridgehead atoms. The number of hydrogen-bond donors (Lipinski definition) is 1. The van der Waals surface area contributed by atoms with Crippen molar-refractivity contribution in [2.24, 2.45) is 0 Å². The van der Waals surface area contributed by atoms with Gasteiger partial charge in [-0.1, -0.05) is 12.1 Å². The van der Waals surface area contributed by atoms with Crippen LogP contribution in [0.1, 0.15) is 29.7 Å². The molecule has 3 heteroatoms. The summed E-state index contributed by atoms with van der Waals surface area (Å²) in [4.78, 5) is 2.48. The molecular formula is C16H20N2O. The van der Waals surface area contributed by atoms with Gasteiger partial charge in [-0.15, -0.1) is 0 Å². The van der Waals surface area contributed by atoms with Gasteiger partial charge in [-0.25, -0.2) is 0 Å². The third-order valence-electron chi connectivity index (χ3n) is 3.73. The molecule has 1 fully saturated rings. The summed E-state index contributed by atoms with van der Waals surface area (Å²) in [6.45, 7) is 3.86. The van der Waals surface area contributed by atoms with Crippen LogP contribution in [0.25, 0.3) is 0 Å². The zero-order valence-electron chi connectivity index (χ0n) is 11.3. The lowest BCUT2D eigenvalue weighted by Crippen LogP contribution is -2.24. The minimum absolute atomic E-state index is 0.702. The van der Waals surface area contributed by atoms with Crippen molar-refractivity contribution in [3.63, 3.8) is 0 Å². The quantitative estimate of drug-likeness (QED) is 0.834. The zero-order chi connectivity index (χ0) is 13.2. The summed E-state index contributed by atoms with van der Waals surface area (Å²) < 4.78 is 5.46. The fraction of sp³-hybridized carbons (Fsp3) is 0.375. The van der Waals surface area contributed by atoms with Crippen LogP contribution in [0.5, 0.6) is 0 Å². The Kier molecular flexibility index (Phi) is 3.30. The summed E-state index contributed by atoms with van der Waals surface area (Å²) in [5, 5.41) is 0. The van der Waals surface area contributed by atoms with Crippen molar-refractivity contribution in [3.8, 4) is 0 Å². The number of aryl methyl sites for hydroxylation is 1. The third-order valence-corrected chi connectivity index (χ3v) is 3.73. The Labute approximate surface area is 114 Å². The maximum Gasteiger partial charge on any atom is 0.117 e. The fourth-order valence-electron chi connectivity index (χ4n) is 2.38. The molecule has 0 radical (unpaired) electrons. The van der Waals surface area contributed by atoms with Crippen LogP contribution in [0.4, 0.5) is 5.69 Å². The van der Waals surface area contributed by atoms with Crippen molar-refractivity contribution >= 4 is 5.69 Å². The Morgan fingerprint density at radius 3 is 2.74 bits per heavy atom.